The van der Waals surface area contributed by atoms with Crippen molar-refractivity contribution in [3.63, 3.8) is 0 Å². The van der Waals surface area contributed by atoms with Crippen LogP contribution < -0.4 is 0 Å². The Kier molecular flexibility index (Phi) is 10.5. The molecule has 0 amide bonds. The van der Waals surface area contributed by atoms with Crippen molar-refractivity contribution in [1.82, 2.24) is 0 Å². The number of hydrogen-bond donors (Lipinski definition) is 0. The molecule has 0 atom stereocenters. The summed E-state index contributed by atoms with van der Waals surface area (Å²) >= 11 is 0. The smallest absolute Gasteiger partial charge is 0.369 e. The number of ether oxygens (including phenoxy) is 1. The minimum Gasteiger partial charge on any atom is -0.463 e. The molecule has 0 saturated carbocycles. The maximum Gasteiger partial charge on any atom is 0.369 e. The molecule has 6 heteroatoms. The molecule has 0 unspecified atom stereocenters. The second-order valence-corrected chi connectivity index (χ2v) is 5.27. The van der Waals surface area contributed by atoms with E-state index in [1.165, 1.54) is 0 Å². The van der Waals surface area contributed by atoms with Crippen LogP contribution in [0.3, 0.4) is 0 Å². The van der Waals surface area contributed by atoms with Crippen LogP contribution in [0.1, 0.15) is 59.8 Å². The quantitative estimate of drug-likeness (QED) is 0.192. The molecule has 0 aliphatic heterocycles. The van der Waals surface area contributed by atoms with Crippen LogP contribution in [0, 0.1) is 0 Å². The minimum atomic E-state index is -0.840. The first-order valence-electron chi connectivity index (χ1n) is 7.32. The lowest BCUT2D eigenvalue weighted by molar-refractivity contribution is -0.515. The van der Waals surface area contributed by atoms with Crippen LogP contribution in [0.4, 0.5) is 0 Å². The number of unbranched alkanes of at least 4 members (excludes halogenated alkanes) is 2. The number of rotatable bonds is 11. The van der Waals surface area contributed by atoms with Crippen LogP contribution in [-0.4, -0.2) is 24.1 Å². The first-order chi connectivity index (χ1) is 9.91. The van der Waals surface area contributed by atoms with E-state index in [4.69, 9.17) is 9.62 Å². The van der Waals surface area contributed by atoms with Gasteiger partial charge in [0.05, 0.1) is 6.61 Å². The Morgan fingerprint density at radius 2 is 1.67 bits per heavy atom. The van der Waals surface area contributed by atoms with E-state index >= 15 is 0 Å². The molecule has 0 radical (unpaired) electrons. The van der Waals surface area contributed by atoms with Gasteiger partial charge in [0.15, 0.2) is 0 Å². The van der Waals surface area contributed by atoms with E-state index in [-0.39, 0.29) is 0 Å². The maximum absolute atomic E-state index is 11.2. The predicted molar refractivity (Wildman–Crippen MR) is 76.9 cm³/mol. The average Bonchev–Trinajstić information content (AvgIpc) is 2.41. The van der Waals surface area contributed by atoms with Gasteiger partial charge in [0.25, 0.3) is 0 Å². The fourth-order valence-electron chi connectivity index (χ4n) is 1.52. The predicted octanol–water partition coefficient (Wildman–Crippen LogP) is 3.26. The van der Waals surface area contributed by atoms with E-state index in [9.17, 15) is 9.59 Å². The van der Waals surface area contributed by atoms with Crippen LogP contribution in [0.15, 0.2) is 12.2 Å². The molecule has 21 heavy (non-hydrogen) atoms. The zero-order chi connectivity index (χ0) is 16.1. The van der Waals surface area contributed by atoms with Crippen molar-refractivity contribution in [2.24, 2.45) is 0 Å². The van der Waals surface area contributed by atoms with Crippen molar-refractivity contribution in [3.05, 3.63) is 12.2 Å². The van der Waals surface area contributed by atoms with Gasteiger partial charge in [-0.3, -0.25) is 4.89 Å². The van der Waals surface area contributed by atoms with Crippen LogP contribution in [0.25, 0.3) is 0 Å². The molecule has 0 rings (SSSR count). The lowest BCUT2D eigenvalue weighted by Crippen LogP contribution is -2.24. The van der Waals surface area contributed by atoms with Gasteiger partial charge in [0, 0.05) is 12.2 Å². The zero-order valence-corrected chi connectivity index (χ0v) is 13.3. The number of esters is 1. The first-order valence-corrected chi connectivity index (χ1v) is 7.32. The summed E-state index contributed by atoms with van der Waals surface area (Å²) in [7, 11) is 0. The first kappa shape index (κ1) is 19.6. The number of carbonyl (C=O) groups excluding carboxylic acids is 2. The third-order valence-corrected chi connectivity index (χ3v) is 2.58. The summed E-state index contributed by atoms with van der Waals surface area (Å²) in [6.45, 7) is 8.03. The minimum absolute atomic E-state index is 0.344. The van der Waals surface area contributed by atoms with Gasteiger partial charge in [-0.05, 0) is 31.7 Å². The molecular formula is C15H26O6. The monoisotopic (exact) mass is 302 g/mol. The standard InChI is InChI=1S/C15H26O6/c1-5-7-8-12-18-13(16)9-10-14(17)19-21-20-15(3,4)11-6-2/h9-10H,5-8,11-12H2,1-4H3/b10-9+. The Morgan fingerprint density at radius 1 is 1.00 bits per heavy atom. The van der Waals surface area contributed by atoms with Crippen molar-refractivity contribution in [2.45, 2.75) is 65.4 Å². The number of hydrogen-bond acceptors (Lipinski definition) is 6. The molecule has 0 aromatic heterocycles. The summed E-state index contributed by atoms with van der Waals surface area (Å²) in [6.07, 6.45) is 6.44. The van der Waals surface area contributed by atoms with E-state index in [0.717, 1.165) is 44.3 Å². The molecule has 0 saturated heterocycles. The zero-order valence-electron chi connectivity index (χ0n) is 13.3. The van der Waals surface area contributed by atoms with E-state index < -0.39 is 17.5 Å². The second-order valence-electron chi connectivity index (χ2n) is 5.27. The Morgan fingerprint density at radius 3 is 2.29 bits per heavy atom. The lowest BCUT2D eigenvalue weighted by Gasteiger charge is -2.20. The van der Waals surface area contributed by atoms with Gasteiger partial charge in [-0.15, -0.1) is 0 Å². The number of carbonyl (C=O) groups is 2. The highest BCUT2D eigenvalue weighted by Crippen LogP contribution is 2.16. The highest BCUT2D eigenvalue weighted by molar-refractivity contribution is 5.91. The third kappa shape index (κ3) is 12.1. The van der Waals surface area contributed by atoms with Crippen LogP contribution in [0.2, 0.25) is 0 Å². The normalized spacial score (nSPS) is 11.6. The summed E-state index contributed by atoms with van der Waals surface area (Å²) in [6, 6.07) is 0. The fraction of sp³-hybridized carbons (Fsp3) is 0.733. The molecule has 0 aromatic carbocycles. The Hall–Kier alpha value is -1.40. The van der Waals surface area contributed by atoms with E-state index in [0.29, 0.717) is 6.61 Å². The van der Waals surface area contributed by atoms with Gasteiger partial charge in [-0.25, -0.2) is 9.59 Å². The van der Waals surface area contributed by atoms with Gasteiger partial charge in [-0.2, -0.15) is 4.89 Å². The van der Waals surface area contributed by atoms with Crippen molar-refractivity contribution in [1.29, 1.82) is 0 Å². The maximum atomic E-state index is 11.2. The van der Waals surface area contributed by atoms with Gasteiger partial charge in [0.2, 0.25) is 0 Å². The molecule has 0 heterocycles. The van der Waals surface area contributed by atoms with Crippen molar-refractivity contribution in [2.75, 3.05) is 6.61 Å². The molecule has 122 valence electrons. The topological polar surface area (TPSA) is 71.1 Å². The van der Waals surface area contributed by atoms with Crippen LogP contribution in [0.5, 0.6) is 0 Å². The molecule has 0 fully saturated rings. The second kappa shape index (κ2) is 11.3. The largest absolute Gasteiger partial charge is 0.463 e. The Labute approximate surface area is 126 Å². The average molecular weight is 302 g/mol. The lowest BCUT2D eigenvalue weighted by atomic mass is 10.0. The molecule has 0 spiro atoms. The van der Waals surface area contributed by atoms with E-state index in [2.05, 4.69) is 16.8 Å². The Balaban J connectivity index is 3.82. The van der Waals surface area contributed by atoms with E-state index in [1.54, 1.807) is 0 Å². The molecule has 0 N–H and O–H groups in total. The molecule has 0 bridgehead atoms. The summed E-state index contributed by atoms with van der Waals surface area (Å²) < 4.78 is 4.88. The molecular weight excluding hydrogens is 276 g/mol. The van der Waals surface area contributed by atoms with Gasteiger partial charge in [-0.1, -0.05) is 33.1 Å². The van der Waals surface area contributed by atoms with Crippen molar-refractivity contribution >= 4 is 11.9 Å². The van der Waals surface area contributed by atoms with Crippen LogP contribution >= 0.6 is 0 Å². The SMILES string of the molecule is CCCCCOC(=O)/C=C/C(=O)OOOC(C)(C)CCC. The van der Waals surface area contributed by atoms with Crippen molar-refractivity contribution in [3.8, 4) is 0 Å². The van der Waals surface area contributed by atoms with Gasteiger partial charge in [0.1, 0.15) is 5.60 Å². The highest BCUT2D eigenvalue weighted by Gasteiger charge is 2.19. The summed E-state index contributed by atoms with van der Waals surface area (Å²) in [5.74, 6) is -1.43. The van der Waals surface area contributed by atoms with Gasteiger partial charge >= 0.3 is 11.9 Å². The molecule has 0 aromatic rings. The fourth-order valence-corrected chi connectivity index (χ4v) is 1.52. The molecule has 0 aliphatic carbocycles. The van der Waals surface area contributed by atoms with E-state index in [1.807, 2.05) is 20.8 Å². The summed E-state index contributed by atoms with van der Waals surface area (Å²) in [5.41, 5.74) is -0.545. The summed E-state index contributed by atoms with van der Waals surface area (Å²) in [5, 5.41) is 4.41. The summed E-state index contributed by atoms with van der Waals surface area (Å²) in [4.78, 5) is 31.8. The molecule has 6 nitrogen and oxygen atoms in total. The highest BCUT2D eigenvalue weighted by atomic mass is 17.5. The van der Waals surface area contributed by atoms with Crippen molar-refractivity contribution < 1.29 is 29.1 Å². The molecule has 0 aliphatic rings. The van der Waals surface area contributed by atoms with Gasteiger partial charge < -0.3 is 4.74 Å². The van der Waals surface area contributed by atoms with Crippen LogP contribution in [-0.2, 0) is 29.1 Å². The third-order valence-electron chi connectivity index (χ3n) is 2.58. The Bertz CT molecular complexity index is 335.